The molecule has 0 radical (unpaired) electrons. The highest BCUT2D eigenvalue weighted by atomic mass is 16.2. The lowest BCUT2D eigenvalue weighted by Gasteiger charge is -2.33. The highest BCUT2D eigenvalue weighted by Gasteiger charge is 2.26. The molecule has 0 N–H and O–H groups in total. The second-order valence-electron chi connectivity index (χ2n) is 7.05. The highest BCUT2D eigenvalue weighted by Crippen LogP contribution is 2.33. The Bertz CT molecular complexity index is 881. The smallest absolute Gasteiger partial charge is 0.227 e. The number of hydrogen-bond acceptors (Lipinski definition) is 1. The minimum atomic E-state index is 0.181. The van der Waals surface area contributed by atoms with E-state index in [0.717, 1.165) is 30.5 Å². The summed E-state index contributed by atoms with van der Waals surface area (Å²) in [6, 6.07) is 21.0. The van der Waals surface area contributed by atoms with E-state index in [-0.39, 0.29) is 11.9 Å². The third-order valence-electron chi connectivity index (χ3n) is 5.39. The maximum Gasteiger partial charge on any atom is 0.227 e. The van der Waals surface area contributed by atoms with Crippen molar-refractivity contribution in [2.24, 2.45) is 0 Å². The van der Waals surface area contributed by atoms with Crippen molar-refractivity contribution in [1.29, 1.82) is 0 Å². The number of amides is 1. The van der Waals surface area contributed by atoms with Crippen LogP contribution in [0.3, 0.4) is 0 Å². The van der Waals surface area contributed by atoms with Crippen molar-refractivity contribution in [2.75, 3.05) is 7.05 Å². The maximum atomic E-state index is 12.9. The van der Waals surface area contributed by atoms with Gasteiger partial charge in [0, 0.05) is 25.1 Å². The summed E-state index contributed by atoms with van der Waals surface area (Å²) in [5.41, 5.74) is 4.87. The van der Waals surface area contributed by atoms with Crippen LogP contribution in [-0.2, 0) is 17.6 Å². The molecule has 1 amide bonds. The molecule has 3 nitrogen and oxygen atoms in total. The molecule has 1 atom stereocenters. The van der Waals surface area contributed by atoms with E-state index in [1.165, 1.54) is 11.1 Å². The second-order valence-corrected chi connectivity index (χ2v) is 7.05. The van der Waals surface area contributed by atoms with Gasteiger partial charge < -0.3 is 9.47 Å². The van der Waals surface area contributed by atoms with E-state index < -0.39 is 0 Å². The Balaban J connectivity index is 1.47. The summed E-state index contributed by atoms with van der Waals surface area (Å²) in [7, 11) is 1.95. The summed E-state index contributed by atoms with van der Waals surface area (Å²) in [4.78, 5) is 14.8. The number of fused-ring (bicyclic) bond motifs is 1. The van der Waals surface area contributed by atoms with Crippen molar-refractivity contribution >= 4 is 5.91 Å². The fourth-order valence-electron chi connectivity index (χ4n) is 3.90. The number of carbonyl (C=O) groups is 1. The van der Waals surface area contributed by atoms with Crippen LogP contribution in [0.2, 0.25) is 0 Å². The van der Waals surface area contributed by atoms with Crippen LogP contribution in [0.15, 0.2) is 73.1 Å². The summed E-state index contributed by atoms with van der Waals surface area (Å²) in [6.45, 7) is 0. The van der Waals surface area contributed by atoms with Gasteiger partial charge >= 0.3 is 0 Å². The van der Waals surface area contributed by atoms with E-state index >= 15 is 0 Å². The first-order valence-corrected chi connectivity index (χ1v) is 9.28. The Kier molecular flexibility index (Phi) is 4.61. The van der Waals surface area contributed by atoms with Crippen LogP contribution in [0, 0.1) is 0 Å². The average Bonchev–Trinajstić information content (AvgIpc) is 3.22. The summed E-state index contributed by atoms with van der Waals surface area (Å²) in [6.07, 6.45) is 7.80. The lowest BCUT2D eigenvalue weighted by atomic mass is 9.87. The number of likely N-dealkylation sites (N-methyl/N-ethyl adjacent to an activating group) is 1. The van der Waals surface area contributed by atoms with Crippen molar-refractivity contribution < 1.29 is 4.79 Å². The van der Waals surface area contributed by atoms with E-state index in [2.05, 4.69) is 53.1 Å². The molecule has 1 aromatic heterocycles. The van der Waals surface area contributed by atoms with E-state index in [4.69, 9.17) is 0 Å². The third kappa shape index (κ3) is 3.30. The van der Waals surface area contributed by atoms with Crippen LogP contribution in [0.5, 0.6) is 0 Å². The lowest BCUT2D eigenvalue weighted by Crippen LogP contribution is -2.34. The van der Waals surface area contributed by atoms with Gasteiger partial charge in [-0.2, -0.15) is 0 Å². The topological polar surface area (TPSA) is 25.2 Å². The Morgan fingerprint density at radius 1 is 1.04 bits per heavy atom. The number of aromatic nitrogens is 1. The van der Waals surface area contributed by atoms with Crippen molar-refractivity contribution in [3.63, 3.8) is 0 Å². The predicted octanol–water partition coefficient (Wildman–Crippen LogP) is 4.56. The zero-order chi connectivity index (χ0) is 17.9. The molecule has 0 aliphatic heterocycles. The van der Waals surface area contributed by atoms with Gasteiger partial charge in [-0.15, -0.1) is 0 Å². The van der Waals surface area contributed by atoms with Gasteiger partial charge in [-0.05, 0) is 60.2 Å². The van der Waals surface area contributed by atoms with Gasteiger partial charge in [0.2, 0.25) is 5.91 Å². The lowest BCUT2D eigenvalue weighted by molar-refractivity contribution is -0.131. The van der Waals surface area contributed by atoms with Crippen LogP contribution in [0.4, 0.5) is 0 Å². The van der Waals surface area contributed by atoms with Crippen molar-refractivity contribution in [1.82, 2.24) is 9.47 Å². The Morgan fingerprint density at radius 3 is 2.54 bits per heavy atom. The molecule has 0 spiro atoms. The number of carbonyl (C=O) groups excluding carboxylic acids is 1. The Hall–Kier alpha value is -2.81. The molecule has 0 saturated carbocycles. The molecule has 0 bridgehead atoms. The number of hydrogen-bond donors (Lipinski definition) is 0. The molecular formula is C23H24N2O. The zero-order valence-electron chi connectivity index (χ0n) is 15.1. The summed E-state index contributed by atoms with van der Waals surface area (Å²) < 4.78 is 2.07. The minimum absolute atomic E-state index is 0.181. The maximum absolute atomic E-state index is 12.9. The molecule has 0 saturated heterocycles. The van der Waals surface area contributed by atoms with Gasteiger partial charge in [-0.1, -0.05) is 36.4 Å². The number of benzene rings is 2. The summed E-state index contributed by atoms with van der Waals surface area (Å²) in [5.74, 6) is 0.181. The van der Waals surface area contributed by atoms with Crippen LogP contribution < -0.4 is 0 Å². The van der Waals surface area contributed by atoms with Crippen LogP contribution in [-0.4, -0.2) is 22.4 Å². The van der Waals surface area contributed by atoms with Gasteiger partial charge in [0.25, 0.3) is 0 Å². The first kappa shape index (κ1) is 16.6. The molecule has 26 heavy (non-hydrogen) atoms. The molecule has 1 aliphatic carbocycles. The molecule has 0 unspecified atom stereocenters. The number of aryl methyl sites for hydroxylation is 1. The quantitative estimate of drug-likeness (QED) is 0.681. The van der Waals surface area contributed by atoms with Gasteiger partial charge in [-0.25, -0.2) is 0 Å². The van der Waals surface area contributed by atoms with E-state index in [0.29, 0.717) is 6.42 Å². The Morgan fingerprint density at radius 2 is 1.77 bits per heavy atom. The first-order valence-electron chi connectivity index (χ1n) is 9.28. The van der Waals surface area contributed by atoms with Gasteiger partial charge in [0.15, 0.2) is 0 Å². The highest BCUT2D eigenvalue weighted by molar-refractivity contribution is 5.79. The largest absolute Gasteiger partial charge is 0.338 e. The molecule has 4 rings (SSSR count). The van der Waals surface area contributed by atoms with Crippen molar-refractivity contribution in [3.8, 4) is 5.69 Å². The fraction of sp³-hybridized carbons (Fsp3) is 0.261. The average molecular weight is 344 g/mol. The molecule has 3 aromatic rings. The van der Waals surface area contributed by atoms with Gasteiger partial charge in [0.1, 0.15) is 0 Å². The molecule has 2 aromatic carbocycles. The molecule has 0 fully saturated rings. The second kappa shape index (κ2) is 7.20. The number of nitrogens with zero attached hydrogens (tertiary/aromatic N) is 2. The van der Waals surface area contributed by atoms with Crippen LogP contribution in [0.25, 0.3) is 5.69 Å². The summed E-state index contributed by atoms with van der Waals surface area (Å²) in [5, 5.41) is 0. The molecule has 1 aliphatic rings. The molecule has 1 heterocycles. The van der Waals surface area contributed by atoms with E-state index in [1.807, 2.05) is 36.5 Å². The standard InChI is InChI=1S/C23H24N2O/c1-24(22-10-6-8-19-7-2-3-9-21(19)22)23(26)17-18-11-13-20(14-12-18)25-15-4-5-16-25/h2-5,7,9,11-16,22H,6,8,10,17H2,1H3/t22-/m1/s1. The molecule has 3 heteroatoms. The Labute approximate surface area is 154 Å². The number of rotatable bonds is 4. The van der Waals surface area contributed by atoms with Crippen molar-refractivity contribution in [2.45, 2.75) is 31.7 Å². The first-order chi connectivity index (χ1) is 12.7. The third-order valence-corrected chi connectivity index (χ3v) is 5.39. The zero-order valence-corrected chi connectivity index (χ0v) is 15.1. The van der Waals surface area contributed by atoms with Gasteiger partial charge in [-0.3, -0.25) is 4.79 Å². The minimum Gasteiger partial charge on any atom is -0.338 e. The monoisotopic (exact) mass is 344 g/mol. The molecular weight excluding hydrogens is 320 g/mol. The fourth-order valence-corrected chi connectivity index (χ4v) is 3.90. The van der Waals surface area contributed by atoms with E-state index in [1.54, 1.807) is 0 Å². The van der Waals surface area contributed by atoms with Crippen molar-refractivity contribution in [3.05, 3.63) is 89.7 Å². The van der Waals surface area contributed by atoms with Crippen LogP contribution in [0.1, 0.15) is 35.6 Å². The van der Waals surface area contributed by atoms with E-state index in [9.17, 15) is 4.79 Å². The van der Waals surface area contributed by atoms with Gasteiger partial charge in [0.05, 0.1) is 12.5 Å². The normalized spacial score (nSPS) is 16.1. The summed E-state index contributed by atoms with van der Waals surface area (Å²) >= 11 is 0. The molecule has 132 valence electrons. The predicted molar refractivity (Wildman–Crippen MR) is 104 cm³/mol. The SMILES string of the molecule is CN(C(=O)Cc1ccc(-n2cccc2)cc1)[C@@H]1CCCc2ccccc21. The van der Waals surface area contributed by atoms with Crippen LogP contribution >= 0.6 is 0 Å².